The summed E-state index contributed by atoms with van der Waals surface area (Å²) in [6.07, 6.45) is 5.55. The maximum absolute atomic E-state index is 13.0. The maximum atomic E-state index is 13.0. The van der Waals surface area contributed by atoms with Crippen LogP contribution in [0.15, 0.2) is 70.6 Å². The molecule has 1 aliphatic rings. The van der Waals surface area contributed by atoms with Gasteiger partial charge >= 0.3 is 0 Å². The molecule has 1 aliphatic heterocycles. The monoisotopic (exact) mass is 525 g/mol. The largest absolute Gasteiger partial charge is 0.454 e. The van der Waals surface area contributed by atoms with E-state index in [1.165, 1.54) is 41.7 Å². The fourth-order valence-electron chi connectivity index (χ4n) is 3.48. The SMILES string of the molecule is C#CCn1c(=NC(=O)c2cccc(NS(=O)(=O)c3ccc(Cl)cc3)c2)sc2cc3c(cc21)OCO3. The molecule has 0 fully saturated rings. The number of nitrogens with one attached hydrogen (secondary N) is 1. The van der Waals surface area contributed by atoms with Gasteiger partial charge in [0, 0.05) is 28.4 Å². The van der Waals surface area contributed by atoms with Crippen LogP contribution in [0.1, 0.15) is 10.4 Å². The summed E-state index contributed by atoms with van der Waals surface area (Å²) in [6.45, 7) is 0.349. The van der Waals surface area contributed by atoms with Gasteiger partial charge in [0.15, 0.2) is 16.3 Å². The van der Waals surface area contributed by atoms with Crippen LogP contribution < -0.4 is 19.0 Å². The Morgan fingerprint density at radius 3 is 2.63 bits per heavy atom. The lowest BCUT2D eigenvalue weighted by molar-refractivity contribution is 0.0998. The van der Waals surface area contributed by atoms with Crippen molar-refractivity contribution < 1.29 is 22.7 Å². The van der Waals surface area contributed by atoms with Crippen molar-refractivity contribution in [1.82, 2.24) is 4.57 Å². The molecule has 1 N–H and O–H groups in total. The average Bonchev–Trinajstić information content (AvgIpc) is 3.42. The minimum Gasteiger partial charge on any atom is -0.454 e. The summed E-state index contributed by atoms with van der Waals surface area (Å²) in [5.74, 6) is 3.24. The normalized spacial score (nSPS) is 13.1. The molecular formula is C24H16ClN3O5S2. The van der Waals surface area contributed by atoms with Gasteiger partial charge in [-0.1, -0.05) is 34.9 Å². The van der Waals surface area contributed by atoms with Gasteiger partial charge in [0.1, 0.15) is 0 Å². The molecule has 8 nitrogen and oxygen atoms in total. The number of ether oxygens (including phenoxy) is 2. The second kappa shape index (κ2) is 9.11. The topological polar surface area (TPSA) is 99.0 Å². The molecule has 176 valence electrons. The molecule has 11 heteroatoms. The van der Waals surface area contributed by atoms with Crippen molar-refractivity contribution in [3.05, 3.63) is 76.1 Å². The summed E-state index contributed by atoms with van der Waals surface area (Å²) in [5, 5.41) is 0.422. The Morgan fingerprint density at radius 1 is 1.14 bits per heavy atom. The smallest absolute Gasteiger partial charge is 0.279 e. The van der Waals surface area contributed by atoms with Crippen molar-refractivity contribution in [3.63, 3.8) is 0 Å². The van der Waals surface area contributed by atoms with Gasteiger partial charge in [0.25, 0.3) is 15.9 Å². The number of aromatic nitrogens is 1. The molecule has 0 bridgehead atoms. The summed E-state index contributed by atoms with van der Waals surface area (Å²) in [7, 11) is -3.87. The van der Waals surface area contributed by atoms with Crippen LogP contribution in [0, 0.1) is 12.3 Å². The number of thiazole rings is 1. The van der Waals surface area contributed by atoms with Crippen molar-refractivity contribution in [3.8, 4) is 23.8 Å². The number of rotatable bonds is 5. The lowest BCUT2D eigenvalue weighted by atomic mass is 10.2. The summed E-state index contributed by atoms with van der Waals surface area (Å²) >= 11 is 7.13. The van der Waals surface area contributed by atoms with Crippen LogP contribution in [0.3, 0.4) is 0 Å². The number of hydrogen-bond donors (Lipinski definition) is 1. The minimum absolute atomic E-state index is 0.0452. The fourth-order valence-corrected chi connectivity index (χ4v) is 5.70. The number of sulfonamides is 1. The number of hydrogen-bond acceptors (Lipinski definition) is 6. The molecule has 5 rings (SSSR count). The van der Waals surface area contributed by atoms with Crippen LogP contribution in [-0.2, 0) is 16.6 Å². The third-order valence-electron chi connectivity index (χ3n) is 5.11. The molecule has 35 heavy (non-hydrogen) atoms. The van der Waals surface area contributed by atoms with E-state index in [2.05, 4.69) is 15.6 Å². The molecular weight excluding hydrogens is 510 g/mol. The van der Waals surface area contributed by atoms with Crippen LogP contribution in [0.5, 0.6) is 11.5 Å². The van der Waals surface area contributed by atoms with Crippen LogP contribution in [0.25, 0.3) is 10.2 Å². The van der Waals surface area contributed by atoms with E-state index in [-0.39, 0.29) is 29.5 Å². The fraction of sp³-hybridized carbons (Fsp3) is 0.0833. The first-order chi connectivity index (χ1) is 16.8. The molecule has 2 heterocycles. The Kier molecular flexibility index (Phi) is 5.98. The number of amides is 1. The predicted molar refractivity (Wildman–Crippen MR) is 133 cm³/mol. The van der Waals surface area contributed by atoms with Crippen molar-refractivity contribution in [2.45, 2.75) is 11.4 Å². The number of nitrogens with zero attached hydrogens (tertiary/aromatic N) is 2. The van der Waals surface area contributed by atoms with Gasteiger partial charge in [-0.05, 0) is 42.5 Å². The van der Waals surface area contributed by atoms with E-state index in [1.54, 1.807) is 28.8 Å². The Morgan fingerprint density at radius 2 is 1.89 bits per heavy atom. The highest BCUT2D eigenvalue weighted by molar-refractivity contribution is 7.92. The Labute approximate surface area is 209 Å². The van der Waals surface area contributed by atoms with Crippen molar-refractivity contribution in [2.24, 2.45) is 4.99 Å². The first-order valence-electron chi connectivity index (χ1n) is 10.2. The number of benzene rings is 3. The van der Waals surface area contributed by atoms with Gasteiger partial charge in [-0.15, -0.1) is 6.42 Å². The molecule has 0 spiro atoms. The molecule has 0 unspecified atom stereocenters. The van der Waals surface area contributed by atoms with E-state index in [9.17, 15) is 13.2 Å². The third kappa shape index (κ3) is 4.61. The number of halogens is 1. The summed E-state index contributed by atoms with van der Waals surface area (Å²) in [5.41, 5.74) is 1.20. The molecule has 0 aliphatic carbocycles. The zero-order valence-electron chi connectivity index (χ0n) is 17.9. The van der Waals surface area contributed by atoms with Gasteiger partial charge in [0.05, 0.1) is 21.7 Å². The number of terminal acetylenes is 1. The molecule has 4 aromatic rings. The molecule has 1 aromatic heterocycles. The number of carbonyl (C=O) groups excluding carboxylic acids is 1. The third-order valence-corrected chi connectivity index (χ3v) is 7.80. The Bertz CT molecular complexity index is 1680. The molecule has 0 saturated carbocycles. The van der Waals surface area contributed by atoms with E-state index in [1.807, 2.05) is 6.07 Å². The highest BCUT2D eigenvalue weighted by atomic mass is 35.5. The molecule has 0 atom stereocenters. The van der Waals surface area contributed by atoms with E-state index in [0.29, 0.717) is 21.3 Å². The standard InChI is InChI=1S/C24H16ClN3O5S2/c1-2-10-28-19-12-20-21(33-14-32-20)13-22(19)34-24(28)26-23(29)15-4-3-5-17(11-15)27-35(30,31)18-8-6-16(25)7-9-18/h1,3-9,11-13,27H,10,14H2. The second-order valence-electron chi connectivity index (χ2n) is 7.41. The van der Waals surface area contributed by atoms with E-state index in [0.717, 1.165) is 10.2 Å². The summed E-state index contributed by atoms with van der Waals surface area (Å²) < 4.78 is 41.3. The minimum atomic E-state index is -3.87. The van der Waals surface area contributed by atoms with Crippen molar-refractivity contribution >= 4 is 54.8 Å². The van der Waals surface area contributed by atoms with Gasteiger partial charge in [-0.25, -0.2) is 8.42 Å². The Hall–Kier alpha value is -3.78. The lowest BCUT2D eigenvalue weighted by Crippen LogP contribution is -2.17. The van der Waals surface area contributed by atoms with Gasteiger partial charge in [-0.3, -0.25) is 9.52 Å². The van der Waals surface area contributed by atoms with Crippen LogP contribution in [0.2, 0.25) is 5.02 Å². The second-order valence-corrected chi connectivity index (χ2v) is 10.5. The van der Waals surface area contributed by atoms with Gasteiger partial charge in [-0.2, -0.15) is 4.99 Å². The van der Waals surface area contributed by atoms with E-state index in [4.69, 9.17) is 27.5 Å². The lowest BCUT2D eigenvalue weighted by Gasteiger charge is -2.09. The number of carbonyl (C=O) groups is 1. The van der Waals surface area contributed by atoms with Crippen molar-refractivity contribution in [2.75, 3.05) is 11.5 Å². The predicted octanol–water partition coefficient (Wildman–Crippen LogP) is 4.26. The van der Waals surface area contributed by atoms with Gasteiger partial charge in [0.2, 0.25) is 6.79 Å². The molecule has 0 saturated heterocycles. The number of anilines is 1. The zero-order chi connectivity index (χ0) is 24.6. The molecule has 1 amide bonds. The first kappa shape index (κ1) is 23.0. The quantitative estimate of drug-likeness (QED) is 0.392. The number of fused-ring (bicyclic) bond motifs is 2. The average molecular weight is 526 g/mol. The highest BCUT2D eigenvalue weighted by Gasteiger charge is 2.19. The zero-order valence-corrected chi connectivity index (χ0v) is 20.3. The van der Waals surface area contributed by atoms with Crippen LogP contribution >= 0.6 is 22.9 Å². The molecule has 3 aromatic carbocycles. The summed E-state index contributed by atoms with van der Waals surface area (Å²) in [6, 6.07) is 15.5. The maximum Gasteiger partial charge on any atom is 0.279 e. The van der Waals surface area contributed by atoms with E-state index >= 15 is 0 Å². The summed E-state index contributed by atoms with van der Waals surface area (Å²) in [4.78, 5) is 17.7. The first-order valence-corrected chi connectivity index (χ1v) is 12.9. The van der Waals surface area contributed by atoms with E-state index < -0.39 is 15.9 Å². The van der Waals surface area contributed by atoms with Crippen LogP contribution in [0.4, 0.5) is 5.69 Å². The van der Waals surface area contributed by atoms with Crippen LogP contribution in [-0.4, -0.2) is 25.7 Å². The van der Waals surface area contributed by atoms with Crippen molar-refractivity contribution in [1.29, 1.82) is 0 Å². The molecule has 0 radical (unpaired) electrons. The highest BCUT2D eigenvalue weighted by Crippen LogP contribution is 2.37. The van der Waals surface area contributed by atoms with Gasteiger partial charge < -0.3 is 14.0 Å². The Balaban J connectivity index is 1.48.